The molecule has 0 aromatic rings. The van der Waals surface area contributed by atoms with Gasteiger partial charge in [-0.2, -0.15) is 0 Å². The van der Waals surface area contributed by atoms with Gasteiger partial charge in [0.15, 0.2) is 0 Å². The SMILES string of the molecule is C=C(OC)[Si](OC)OC. The molecule has 0 aromatic heterocycles. The average Bonchev–Trinajstić information content (AvgIpc) is 1.90. The molecule has 9 heavy (non-hydrogen) atoms. The lowest BCUT2D eigenvalue weighted by Crippen LogP contribution is -2.22. The van der Waals surface area contributed by atoms with Crippen LogP contribution in [-0.4, -0.2) is 30.6 Å². The van der Waals surface area contributed by atoms with Crippen LogP contribution in [0.2, 0.25) is 0 Å². The van der Waals surface area contributed by atoms with Crippen LogP contribution >= 0.6 is 0 Å². The molecule has 0 unspecified atom stereocenters. The van der Waals surface area contributed by atoms with Gasteiger partial charge in [0, 0.05) is 14.2 Å². The van der Waals surface area contributed by atoms with Gasteiger partial charge < -0.3 is 13.6 Å². The molecule has 0 saturated heterocycles. The summed E-state index contributed by atoms with van der Waals surface area (Å²) >= 11 is 0. The van der Waals surface area contributed by atoms with E-state index in [1.54, 1.807) is 21.3 Å². The van der Waals surface area contributed by atoms with Gasteiger partial charge in [-0.25, -0.2) is 0 Å². The second-order valence-electron chi connectivity index (χ2n) is 1.32. The first-order valence-corrected chi connectivity index (χ1v) is 3.76. The third-order valence-corrected chi connectivity index (χ3v) is 2.25. The number of rotatable bonds is 4. The van der Waals surface area contributed by atoms with E-state index >= 15 is 0 Å². The zero-order valence-electron chi connectivity index (χ0n) is 5.93. The largest absolute Gasteiger partial charge is 0.501 e. The standard InChI is InChI=1S/C5H11O3Si/c1-5(6-2)9(7-3)8-4/h1H2,2-4H3. The molecule has 0 saturated carbocycles. The molecule has 0 atom stereocenters. The highest BCUT2D eigenvalue weighted by Crippen LogP contribution is 1.98. The van der Waals surface area contributed by atoms with Crippen molar-refractivity contribution in [2.75, 3.05) is 21.3 Å². The zero-order chi connectivity index (χ0) is 7.28. The molecule has 3 nitrogen and oxygen atoms in total. The van der Waals surface area contributed by atoms with E-state index in [0.717, 1.165) is 0 Å². The van der Waals surface area contributed by atoms with Crippen molar-refractivity contribution in [1.82, 2.24) is 0 Å². The minimum atomic E-state index is -1.37. The predicted octanol–water partition coefficient (Wildman–Crippen LogP) is 0.467. The van der Waals surface area contributed by atoms with Gasteiger partial charge >= 0.3 is 9.28 Å². The molecule has 0 aliphatic heterocycles. The highest BCUT2D eigenvalue weighted by molar-refractivity contribution is 6.52. The van der Waals surface area contributed by atoms with Crippen LogP contribution in [0.1, 0.15) is 0 Å². The van der Waals surface area contributed by atoms with Crippen LogP contribution in [0.15, 0.2) is 12.0 Å². The van der Waals surface area contributed by atoms with Gasteiger partial charge in [0.05, 0.1) is 7.11 Å². The maximum absolute atomic E-state index is 4.91. The Bertz CT molecular complexity index is 90.2. The van der Waals surface area contributed by atoms with Crippen LogP contribution in [0.5, 0.6) is 0 Å². The average molecular weight is 147 g/mol. The van der Waals surface area contributed by atoms with E-state index in [-0.39, 0.29) is 0 Å². The van der Waals surface area contributed by atoms with Crippen molar-refractivity contribution in [1.29, 1.82) is 0 Å². The van der Waals surface area contributed by atoms with Crippen molar-refractivity contribution >= 4 is 9.28 Å². The zero-order valence-corrected chi connectivity index (χ0v) is 6.93. The first kappa shape index (κ1) is 8.68. The van der Waals surface area contributed by atoms with E-state index in [1.807, 2.05) is 0 Å². The van der Waals surface area contributed by atoms with Gasteiger partial charge in [0.1, 0.15) is 5.38 Å². The molecule has 4 heteroatoms. The number of hydrogen-bond donors (Lipinski definition) is 0. The van der Waals surface area contributed by atoms with Crippen LogP contribution in [0, 0.1) is 0 Å². The lowest BCUT2D eigenvalue weighted by atomic mass is 11.1. The summed E-state index contributed by atoms with van der Waals surface area (Å²) in [6.07, 6.45) is 0. The Kier molecular flexibility index (Phi) is 4.38. The van der Waals surface area contributed by atoms with Gasteiger partial charge in [-0.1, -0.05) is 6.58 Å². The van der Waals surface area contributed by atoms with E-state index in [0.29, 0.717) is 5.38 Å². The summed E-state index contributed by atoms with van der Waals surface area (Å²) in [6.45, 7) is 3.59. The van der Waals surface area contributed by atoms with Crippen LogP contribution in [0.25, 0.3) is 0 Å². The van der Waals surface area contributed by atoms with E-state index in [4.69, 9.17) is 13.6 Å². The van der Waals surface area contributed by atoms with Crippen molar-refractivity contribution in [3.8, 4) is 0 Å². The van der Waals surface area contributed by atoms with E-state index in [1.165, 1.54) is 0 Å². The lowest BCUT2D eigenvalue weighted by Gasteiger charge is -2.09. The Morgan fingerprint density at radius 3 is 1.78 bits per heavy atom. The van der Waals surface area contributed by atoms with E-state index in [2.05, 4.69) is 6.58 Å². The van der Waals surface area contributed by atoms with E-state index in [9.17, 15) is 0 Å². The molecule has 1 radical (unpaired) electrons. The Balaban J connectivity index is 3.64. The second kappa shape index (κ2) is 4.55. The third kappa shape index (κ3) is 2.64. The highest BCUT2D eigenvalue weighted by atomic mass is 28.3. The molecule has 0 spiro atoms. The highest BCUT2D eigenvalue weighted by Gasteiger charge is 2.17. The fourth-order valence-electron chi connectivity index (χ4n) is 0.394. The molecule has 0 fully saturated rings. The third-order valence-electron chi connectivity index (χ3n) is 0.845. The van der Waals surface area contributed by atoms with Gasteiger partial charge in [0.25, 0.3) is 0 Å². The van der Waals surface area contributed by atoms with Crippen LogP contribution in [-0.2, 0) is 13.6 Å². The van der Waals surface area contributed by atoms with Crippen molar-refractivity contribution in [2.24, 2.45) is 0 Å². The first-order valence-electron chi connectivity index (χ1n) is 2.44. The summed E-state index contributed by atoms with van der Waals surface area (Å²) in [4.78, 5) is 0. The van der Waals surface area contributed by atoms with Gasteiger partial charge in [-0.15, -0.1) is 0 Å². The molecule has 0 amide bonds. The molecule has 0 bridgehead atoms. The molecule has 0 rings (SSSR count). The Morgan fingerprint density at radius 1 is 1.22 bits per heavy atom. The lowest BCUT2D eigenvalue weighted by molar-refractivity contribution is 0.236. The van der Waals surface area contributed by atoms with Crippen molar-refractivity contribution in [3.63, 3.8) is 0 Å². The topological polar surface area (TPSA) is 27.7 Å². The molecule has 53 valence electrons. The van der Waals surface area contributed by atoms with E-state index < -0.39 is 9.28 Å². The molecule has 0 aliphatic rings. The van der Waals surface area contributed by atoms with Crippen molar-refractivity contribution < 1.29 is 13.6 Å². The smallest absolute Gasteiger partial charge is 0.460 e. The summed E-state index contributed by atoms with van der Waals surface area (Å²) in [6, 6.07) is 0. The minimum absolute atomic E-state index is 0.574. The monoisotopic (exact) mass is 147 g/mol. The number of methoxy groups -OCH3 is 1. The minimum Gasteiger partial charge on any atom is -0.501 e. The molecule has 0 heterocycles. The maximum Gasteiger partial charge on any atom is 0.460 e. The maximum atomic E-state index is 4.91. The molecular weight excluding hydrogens is 136 g/mol. The van der Waals surface area contributed by atoms with Crippen LogP contribution < -0.4 is 0 Å². The first-order chi connectivity index (χ1) is 4.26. The quantitative estimate of drug-likeness (QED) is 0.427. The Labute approximate surface area is 57.1 Å². The normalized spacial score (nSPS) is 9.78. The second-order valence-corrected chi connectivity index (χ2v) is 3.27. The predicted molar refractivity (Wildman–Crippen MR) is 35.9 cm³/mol. The number of ether oxygens (including phenoxy) is 1. The molecule has 0 N–H and O–H groups in total. The fourth-order valence-corrected chi connectivity index (χ4v) is 1.18. The summed E-state index contributed by atoms with van der Waals surface area (Å²) in [7, 11) is 3.32. The Morgan fingerprint density at radius 2 is 1.67 bits per heavy atom. The summed E-state index contributed by atoms with van der Waals surface area (Å²) < 4.78 is 14.6. The summed E-state index contributed by atoms with van der Waals surface area (Å²) in [5, 5.41) is 0.574. The van der Waals surface area contributed by atoms with Crippen molar-refractivity contribution in [3.05, 3.63) is 12.0 Å². The fraction of sp³-hybridized carbons (Fsp3) is 0.600. The molecule has 0 aromatic carbocycles. The molecular formula is C5H11O3Si. The van der Waals surface area contributed by atoms with Gasteiger partial charge in [-0.3, -0.25) is 0 Å². The van der Waals surface area contributed by atoms with Crippen LogP contribution in [0.3, 0.4) is 0 Å². The molecule has 0 aliphatic carbocycles. The van der Waals surface area contributed by atoms with Gasteiger partial charge in [0.2, 0.25) is 0 Å². The Hall–Kier alpha value is -0.323. The van der Waals surface area contributed by atoms with Crippen molar-refractivity contribution in [2.45, 2.75) is 0 Å². The van der Waals surface area contributed by atoms with Crippen LogP contribution in [0.4, 0.5) is 0 Å². The summed E-state index contributed by atoms with van der Waals surface area (Å²) in [5.74, 6) is 0. The van der Waals surface area contributed by atoms with Gasteiger partial charge in [-0.05, 0) is 0 Å². The number of hydrogen-bond acceptors (Lipinski definition) is 3. The summed E-state index contributed by atoms with van der Waals surface area (Å²) in [5.41, 5.74) is 0.